The number of carbonyl (C=O) groups excluding carboxylic acids is 1. The van der Waals surface area contributed by atoms with Crippen molar-refractivity contribution in [1.29, 1.82) is 0 Å². The molecule has 3 atom stereocenters. The van der Waals surface area contributed by atoms with Crippen molar-refractivity contribution in [3.63, 3.8) is 0 Å². The van der Waals surface area contributed by atoms with Crippen LogP contribution in [0.1, 0.15) is 44.9 Å². The van der Waals surface area contributed by atoms with Gasteiger partial charge in [-0.25, -0.2) is 0 Å². The van der Waals surface area contributed by atoms with E-state index in [1.54, 1.807) is 0 Å². The fourth-order valence-electron chi connectivity index (χ4n) is 4.55. The molecule has 3 rings (SSSR count). The third-order valence-electron chi connectivity index (χ3n) is 5.50. The standard InChI is InChI=1S/C14H24NO/c1-15(9-2-3-10-15)13-8-7-11-5-4-6-12(13)14(11)16/h11-13H,2-10H2,1H3/q+1/t11-,12+,13-/m0/s1. The zero-order valence-electron chi connectivity index (χ0n) is 10.5. The molecule has 2 aliphatic carbocycles. The van der Waals surface area contributed by atoms with Crippen LogP contribution >= 0.6 is 0 Å². The predicted octanol–water partition coefficient (Wildman–Crippen LogP) is 2.37. The van der Waals surface area contributed by atoms with E-state index in [-0.39, 0.29) is 0 Å². The molecular formula is C14H24NO+. The molecule has 0 unspecified atom stereocenters. The van der Waals surface area contributed by atoms with Gasteiger partial charge in [0.2, 0.25) is 0 Å². The Balaban J connectivity index is 1.82. The second-order valence-corrected chi connectivity index (χ2v) is 6.42. The van der Waals surface area contributed by atoms with Crippen LogP contribution in [-0.4, -0.2) is 36.4 Å². The summed E-state index contributed by atoms with van der Waals surface area (Å²) < 4.78 is 1.21. The van der Waals surface area contributed by atoms with Gasteiger partial charge in [0.05, 0.1) is 32.1 Å². The quantitative estimate of drug-likeness (QED) is 0.623. The molecule has 2 bridgehead atoms. The van der Waals surface area contributed by atoms with Crippen molar-refractivity contribution >= 4 is 5.78 Å². The largest absolute Gasteiger partial charge is 0.323 e. The first kappa shape index (κ1) is 10.8. The molecule has 3 aliphatic rings. The molecule has 0 spiro atoms. The Morgan fingerprint density at radius 1 is 1.00 bits per heavy atom. The smallest absolute Gasteiger partial charge is 0.144 e. The molecule has 0 N–H and O–H groups in total. The normalized spacial score (nSPS) is 42.3. The molecule has 2 nitrogen and oxygen atoms in total. The van der Waals surface area contributed by atoms with Crippen LogP contribution in [0.15, 0.2) is 0 Å². The van der Waals surface area contributed by atoms with Crippen molar-refractivity contribution in [3.05, 3.63) is 0 Å². The molecule has 90 valence electrons. The number of ketones is 1. The molecule has 0 aromatic heterocycles. The number of rotatable bonds is 1. The maximum absolute atomic E-state index is 12.3. The van der Waals surface area contributed by atoms with Gasteiger partial charge < -0.3 is 4.48 Å². The van der Waals surface area contributed by atoms with E-state index in [2.05, 4.69) is 7.05 Å². The van der Waals surface area contributed by atoms with Gasteiger partial charge in [-0.3, -0.25) is 4.79 Å². The summed E-state index contributed by atoms with van der Waals surface area (Å²) in [6, 6.07) is 0.673. The molecule has 16 heavy (non-hydrogen) atoms. The van der Waals surface area contributed by atoms with Crippen LogP contribution in [-0.2, 0) is 4.79 Å². The lowest BCUT2D eigenvalue weighted by Gasteiger charge is -2.47. The highest BCUT2D eigenvalue weighted by Gasteiger charge is 2.49. The van der Waals surface area contributed by atoms with Crippen LogP contribution in [0, 0.1) is 11.8 Å². The van der Waals surface area contributed by atoms with Crippen molar-refractivity contribution in [1.82, 2.24) is 0 Å². The average Bonchev–Trinajstić information content (AvgIpc) is 2.65. The minimum absolute atomic E-state index is 0.426. The first-order chi connectivity index (χ1) is 7.71. The summed E-state index contributed by atoms with van der Waals surface area (Å²) >= 11 is 0. The summed E-state index contributed by atoms with van der Waals surface area (Å²) in [6.07, 6.45) is 8.93. The number of carbonyl (C=O) groups is 1. The van der Waals surface area contributed by atoms with Crippen molar-refractivity contribution in [2.45, 2.75) is 51.0 Å². The molecule has 2 heteroatoms. The van der Waals surface area contributed by atoms with Gasteiger partial charge in [-0.15, -0.1) is 0 Å². The molecule has 0 radical (unpaired) electrons. The Morgan fingerprint density at radius 3 is 2.50 bits per heavy atom. The van der Waals surface area contributed by atoms with Crippen LogP contribution in [0.3, 0.4) is 0 Å². The minimum atomic E-state index is 0.426. The molecular weight excluding hydrogens is 198 g/mol. The fraction of sp³-hybridized carbons (Fsp3) is 0.929. The van der Waals surface area contributed by atoms with Crippen molar-refractivity contribution in [2.75, 3.05) is 20.1 Å². The van der Waals surface area contributed by atoms with E-state index in [4.69, 9.17) is 0 Å². The number of fused-ring (bicyclic) bond motifs is 2. The highest BCUT2D eigenvalue weighted by Crippen LogP contribution is 2.42. The van der Waals surface area contributed by atoms with E-state index in [1.165, 1.54) is 62.5 Å². The Labute approximate surface area is 98.6 Å². The number of hydrogen-bond acceptors (Lipinski definition) is 1. The topological polar surface area (TPSA) is 17.1 Å². The van der Waals surface area contributed by atoms with Gasteiger partial charge in [-0.05, 0) is 19.3 Å². The zero-order chi connectivity index (χ0) is 11.2. The second kappa shape index (κ2) is 3.83. The van der Waals surface area contributed by atoms with Crippen LogP contribution in [0.25, 0.3) is 0 Å². The molecule has 1 saturated heterocycles. The Hall–Kier alpha value is -0.370. The van der Waals surface area contributed by atoms with Gasteiger partial charge >= 0.3 is 0 Å². The monoisotopic (exact) mass is 222 g/mol. The van der Waals surface area contributed by atoms with Crippen LogP contribution in [0.2, 0.25) is 0 Å². The number of nitrogens with zero attached hydrogens (tertiary/aromatic N) is 1. The van der Waals surface area contributed by atoms with E-state index in [0.717, 1.165) is 0 Å². The number of likely N-dealkylation sites (tertiary alicyclic amines) is 1. The summed E-state index contributed by atoms with van der Waals surface area (Å²) in [5.74, 6) is 1.51. The van der Waals surface area contributed by atoms with Crippen molar-refractivity contribution in [2.24, 2.45) is 11.8 Å². The third kappa shape index (κ3) is 1.54. The number of quaternary nitrogens is 1. The highest BCUT2D eigenvalue weighted by atomic mass is 16.1. The van der Waals surface area contributed by atoms with Gasteiger partial charge in [0.15, 0.2) is 0 Å². The second-order valence-electron chi connectivity index (χ2n) is 6.42. The summed E-state index contributed by atoms with van der Waals surface area (Å²) in [5.41, 5.74) is 0. The third-order valence-corrected chi connectivity index (χ3v) is 5.50. The van der Waals surface area contributed by atoms with E-state index in [0.29, 0.717) is 23.7 Å². The fourth-order valence-corrected chi connectivity index (χ4v) is 4.55. The molecule has 0 aromatic carbocycles. The Morgan fingerprint density at radius 2 is 1.75 bits per heavy atom. The number of Topliss-reactive ketones (excluding diaryl/α,β-unsaturated/α-hetero) is 1. The Bertz CT molecular complexity index is 293. The maximum atomic E-state index is 12.3. The molecule has 1 heterocycles. The van der Waals surface area contributed by atoms with Gasteiger partial charge in [0.1, 0.15) is 5.78 Å². The number of hydrogen-bond donors (Lipinski definition) is 0. The predicted molar refractivity (Wildman–Crippen MR) is 64.0 cm³/mol. The van der Waals surface area contributed by atoms with Gasteiger partial charge in [0.25, 0.3) is 0 Å². The van der Waals surface area contributed by atoms with Gasteiger partial charge in [-0.2, -0.15) is 0 Å². The zero-order valence-corrected chi connectivity index (χ0v) is 10.5. The summed E-state index contributed by atoms with van der Waals surface area (Å²) in [5, 5.41) is 0. The van der Waals surface area contributed by atoms with Crippen molar-refractivity contribution in [3.8, 4) is 0 Å². The summed E-state index contributed by atoms with van der Waals surface area (Å²) in [4.78, 5) is 12.3. The van der Waals surface area contributed by atoms with Gasteiger partial charge in [0, 0.05) is 25.2 Å². The van der Waals surface area contributed by atoms with Gasteiger partial charge in [-0.1, -0.05) is 6.42 Å². The molecule has 2 saturated carbocycles. The Kier molecular flexibility index (Phi) is 2.58. The molecule has 0 aromatic rings. The van der Waals surface area contributed by atoms with E-state index < -0.39 is 0 Å². The average molecular weight is 222 g/mol. The van der Waals surface area contributed by atoms with Crippen LogP contribution < -0.4 is 0 Å². The van der Waals surface area contributed by atoms with E-state index in [9.17, 15) is 4.79 Å². The summed E-state index contributed by atoms with van der Waals surface area (Å²) in [6.45, 7) is 2.64. The first-order valence-electron chi connectivity index (χ1n) is 7.09. The van der Waals surface area contributed by atoms with E-state index >= 15 is 0 Å². The van der Waals surface area contributed by atoms with Crippen molar-refractivity contribution < 1.29 is 9.28 Å². The van der Waals surface area contributed by atoms with Crippen LogP contribution in [0.4, 0.5) is 0 Å². The molecule has 3 fully saturated rings. The molecule has 1 aliphatic heterocycles. The summed E-state index contributed by atoms with van der Waals surface area (Å²) in [7, 11) is 2.40. The lowest BCUT2D eigenvalue weighted by atomic mass is 9.68. The lowest BCUT2D eigenvalue weighted by molar-refractivity contribution is -0.926. The molecule has 0 amide bonds. The van der Waals surface area contributed by atoms with E-state index in [1.807, 2.05) is 0 Å². The maximum Gasteiger partial charge on any atom is 0.144 e. The van der Waals surface area contributed by atoms with Crippen LogP contribution in [0.5, 0.6) is 0 Å². The minimum Gasteiger partial charge on any atom is -0.323 e. The highest BCUT2D eigenvalue weighted by molar-refractivity contribution is 5.85. The first-order valence-corrected chi connectivity index (χ1v) is 7.09. The SMILES string of the molecule is C[N+]1([C@H]2CC[C@@H]3CCC[C@H]2C3=O)CCCC1. The lowest BCUT2D eigenvalue weighted by Crippen LogP contribution is -2.58.